The highest BCUT2D eigenvalue weighted by Gasteiger charge is 2.31. The van der Waals surface area contributed by atoms with Gasteiger partial charge in [-0.05, 0) is 42.0 Å². The molecule has 0 unspecified atom stereocenters. The number of nitrogens with zero attached hydrogens (tertiary/aromatic N) is 2. The average Bonchev–Trinajstić information content (AvgIpc) is 2.93. The van der Waals surface area contributed by atoms with Crippen LogP contribution in [-0.2, 0) is 19.6 Å². The maximum atomic E-state index is 13.6. The standard InChI is InChI=1S/C19H13ClF4N2O2/c1-26-17(11-2-3-15(18(27)28)16(20)7-11)9-14(25-26)6-10-4-12(19(22,23)24)8-13(21)5-10/h2-5,7-9H,6H2,1H3,(H,27,28). The van der Waals surface area contributed by atoms with Crippen molar-refractivity contribution >= 4 is 17.6 Å². The number of halogens is 5. The molecule has 3 aromatic rings. The van der Waals surface area contributed by atoms with E-state index < -0.39 is 23.5 Å². The summed E-state index contributed by atoms with van der Waals surface area (Å²) in [5.41, 5.74) is 0.626. The van der Waals surface area contributed by atoms with Crippen molar-refractivity contribution < 1.29 is 27.5 Å². The van der Waals surface area contributed by atoms with Crippen LogP contribution in [0.2, 0.25) is 5.02 Å². The lowest BCUT2D eigenvalue weighted by Crippen LogP contribution is -2.06. The van der Waals surface area contributed by atoms with Crippen LogP contribution in [0.5, 0.6) is 0 Å². The number of carboxylic acid groups (broad SMARTS) is 1. The molecular weight excluding hydrogens is 400 g/mol. The Balaban J connectivity index is 1.92. The molecule has 0 saturated heterocycles. The largest absolute Gasteiger partial charge is 0.478 e. The summed E-state index contributed by atoms with van der Waals surface area (Å²) in [6, 6.07) is 8.37. The smallest absolute Gasteiger partial charge is 0.416 e. The van der Waals surface area contributed by atoms with E-state index >= 15 is 0 Å². The zero-order valence-corrected chi connectivity index (χ0v) is 15.1. The first-order chi connectivity index (χ1) is 13.0. The molecule has 0 aliphatic rings. The van der Waals surface area contributed by atoms with E-state index in [1.54, 1.807) is 19.2 Å². The minimum absolute atomic E-state index is 0.00434. The van der Waals surface area contributed by atoms with E-state index in [1.807, 2.05) is 0 Å². The topological polar surface area (TPSA) is 55.1 Å². The molecule has 3 rings (SSSR count). The highest BCUT2D eigenvalue weighted by Crippen LogP contribution is 2.31. The monoisotopic (exact) mass is 412 g/mol. The Morgan fingerprint density at radius 1 is 1.18 bits per heavy atom. The van der Waals surface area contributed by atoms with Crippen molar-refractivity contribution in [3.05, 3.63) is 75.7 Å². The van der Waals surface area contributed by atoms with Crippen molar-refractivity contribution in [1.82, 2.24) is 9.78 Å². The molecular formula is C19H13ClF4N2O2. The minimum Gasteiger partial charge on any atom is -0.478 e. The third kappa shape index (κ3) is 4.17. The van der Waals surface area contributed by atoms with Gasteiger partial charge >= 0.3 is 12.1 Å². The highest BCUT2D eigenvalue weighted by atomic mass is 35.5. The predicted molar refractivity (Wildman–Crippen MR) is 94.8 cm³/mol. The molecule has 0 spiro atoms. The summed E-state index contributed by atoms with van der Waals surface area (Å²) in [5.74, 6) is -2.13. The Morgan fingerprint density at radius 2 is 1.89 bits per heavy atom. The second kappa shape index (κ2) is 7.27. The van der Waals surface area contributed by atoms with Crippen LogP contribution in [0.15, 0.2) is 42.5 Å². The summed E-state index contributed by atoms with van der Waals surface area (Å²) in [4.78, 5) is 11.1. The Morgan fingerprint density at radius 3 is 2.50 bits per heavy atom. The Kier molecular flexibility index (Phi) is 5.16. The minimum atomic E-state index is -4.64. The van der Waals surface area contributed by atoms with Crippen LogP contribution >= 0.6 is 11.6 Å². The summed E-state index contributed by atoms with van der Waals surface area (Å²) < 4.78 is 53.6. The molecule has 2 aromatic carbocycles. The Hall–Kier alpha value is -2.87. The van der Waals surface area contributed by atoms with Crippen LogP contribution in [0.1, 0.15) is 27.2 Å². The van der Waals surface area contributed by atoms with Crippen molar-refractivity contribution in [1.29, 1.82) is 0 Å². The normalized spacial score (nSPS) is 11.6. The Labute approximate surface area is 162 Å². The number of aromatic nitrogens is 2. The number of alkyl halides is 3. The van der Waals surface area contributed by atoms with Gasteiger partial charge in [-0.15, -0.1) is 0 Å². The number of hydrogen-bond acceptors (Lipinski definition) is 2. The number of aryl methyl sites for hydroxylation is 1. The quantitative estimate of drug-likeness (QED) is 0.600. The van der Waals surface area contributed by atoms with Gasteiger partial charge in [-0.1, -0.05) is 17.7 Å². The van der Waals surface area contributed by atoms with E-state index in [1.165, 1.54) is 16.8 Å². The Bertz CT molecular complexity index is 1060. The summed E-state index contributed by atoms with van der Waals surface area (Å²) >= 11 is 5.98. The molecule has 146 valence electrons. The summed E-state index contributed by atoms with van der Waals surface area (Å²) in [6.45, 7) is 0. The number of aromatic carboxylic acids is 1. The lowest BCUT2D eigenvalue weighted by molar-refractivity contribution is -0.137. The maximum Gasteiger partial charge on any atom is 0.416 e. The molecule has 0 radical (unpaired) electrons. The van der Waals surface area contributed by atoms with Crippen molar-refractivity contribution in [2.45, 2.75) is 12.6 Å². The van der Waals surface area contributed by atoms with Crippen molar-refractivity contribution in [3.8, 4) is 11.3 Å². The zero-order chi connectivity index (χ0) is 20.6. The summed E-state index contributed by atoms with van der Waals surface area (Å²) in [7, 11) is 1.63. The van der Waals surface area contributed by atoms with Gasteiger partial charge in [0.2, 0.25) is 0 Å². The van der Waals surface area contributed by atoms with E-state index in [4.69, 9.17) is 16.7 Å². The molecule has 0 bridgehead atoms. The first-order valence-electron chi connectivity index (χ1n) is 7.97. The van der Waals surface area contributed by atoms with Crippen LogP contribution in [0, 0.1) is 5.82 Å². The average molecular weight is 413 g/mol. The summed E-state index contributed by atoms with van der Waals surface area (Å²) in [5, 5.41) is 13.3. The number of rotatable bonds is 4. The van der Waals surface area contributed by atoms with E-state index in [9.17, 15) is 22.4 Å². The molecule has 0 fully saturated rings. The number of hydrogen-bond donors (Lipinski definition) is 1. The molecule has 0 amide bonds. The first kappa shape index (κ1) is 19.9. The number of carbonyl (C=O) groups is 1. The molecule has 28 heavy (non-hydrogen) atoms. The second-order valence-electron chi connectivity index (χ2n) is 6.17. The van der Waals surface area contributed by atoms with Crippen LogP contribution < -0.4 is 0 Å². The first-order valence-corrected chi connectivity index (χ1v) is 8.35. The molecule has 0 atom stereocenters. The lowest BCUT2D eigenvalue weighted by Gasteiger charge is -2.08. The van der Waals surface area contributed by atoms with Gasteiger partial charge in [-0.25, -0.2) is 9.18 Å². The third-order valence-corrected chi connectivity index (χ3v) is 4.41. The molecule has 4 nitrogen and oxygen atoms in total. The maximum absolute atomic E-state index is 13.6. The van der Waals surface area contributed by atoms with Gasteiger partial charge in [0.25, 0.3) is 0 Å². The molecule has 1 aromatic heterocycles. The summed E-state index contributed by atoms with van der Waals surface area (Å²) in [6.07, 6.45) is -4.65. The van der Waals surface area contributed by atoms with Crippen molar-refractivity contribution in [2.24, 2.45) is 7.05 Å². The predicted octanol–water partition coefficient (Wildman–Crippen LogP) is 5.19. The fourth-order valence-corrected chi connectivity index (χ4v) is 3.12. The number of carboxylic acids is 1. The van der Waals surface area contributed by atoms with Crippen molar-refractivity contribution in [2.75, 3.05) is 0 Å². The molecule has 0 saturated carbocycles. The van der Waals surface area contributed by atoms with Gasteiger partial charge in [-0.2, -0.15) is 18.3 Å². The van der Waals surface area contributed by atoms with E-state index in [-0.39, 0.29) is 22.6 Å². The van der Waals surface area contributed by atoms with Crippen LogP contribution in [0.25, 0.3) is 11.3 Å². The van der Waals surface area contributed by atoms with Gasteiger partial charge in [0, 0.05) is 19.0 Å². The molecule has 0 aliphatic heterocycles. The van der Waals surface area contributed by atoms with Gasteiger partial charge in [-0.3, -0.25) is 4.68 Å². The van der Waals surface area contributed by atoms with Crippen molar-refractivity contribution in [3.63, 3.8) is 0 Å². The van der Waals surface area contributed by atoms with Gasteiger partial charge in [0.05, 0.1) is 27.5 Å². The van der Waals surface area contributed by atoms with Gasteiger partial charge in [0.15, 0.2) is 0 Å². The van der Waals surface area contributed by atoms with E-state index in [0.717, 1.165) is 12.1 Å². The number of benzene rings is 2. The third-order valence-electron chi connectivity index (χ3n) is 4.10. The SMILES string of the molecule is Cn1nc(Cc2cc(F)cc(C(F)(F)F)c2)cc1-c1ccc(C(=O)O)c(Cl)c1. The van der Waals surface area contributed by atoms with Crippen LogP contribution in [0.3, 0.4) is 0 Å². The van der Waals surface area contributed by atoms with E-state index in [0.29, 0.717) is 23.0 Å². The fourth-order valence-electron chi connectivity index (χ4n) is 2.86. The molecule has 1 N–H and O–H groups in total. The highest BCUT2D eigenvalue weighted by molar-refractivity contribution is 6.33. The van der Waals surface area contributed by atoms with Crippen LogP contribution in [-0.4, -0.2) is 20.9 Å². The zero-order valence-electron chi connectivity index (χ0n) is 14.4. The van der Waals surface area contributed by atoms with Gasteiger partial charge < -0.3 is 5.11 Å². The fraction of sp³-hybridized carbons (Fsp3) is 0.158. The molecule has 9 heteroatoms. The lowest BCUT2D eigenvalue weighted by atomic mass is 10.0. The molecule has 0 aliphatic carbocycles. The second-order valence-corrected chi connectivity index (χ2v) is 6.57. The van der Waals surface area contributed by atoms with Crippen LogP contribution in [0.4, 0.5) is 17.6 Å². The molecule has 1 heterocycles. The van der Waals surface area contributed by atoms with E-state index in [2.05, 4.69) is 5.10 Å². The van der Waals surface area contributed by atoms with Gasteiger partial charge in [0.1, 0.15) is 5.82 Å².